The Labute approximate surface area is 90.0 Å². The lowest BCUT2D eigenvalue weighted by Gasteiger charge is -1.93. The summed E-state index contributed by atoms with van der Waals surface area (Å²) in [5.41, 5.74) is 4.11. The topological polar surface area (TPSA) is 20.2 Å². The summed E-state index contributed by atoms with van der Waals surface area (Å²) in [5.74, 6) is 0.340. The molecule has 0 atom stereocenters. The van der Waals surface area contributed by atoms with Gasteiger partial charge in [0, 0.05) is 0 Å². The van der Waals surface area contributed by atoms with E-state index in [1.54, 1.807) is 12.1 Å². The van der Waals surface area contributed by atoms with Gasteiger partial charge in [0.15, 0.2) is 0 Å². The van der Waals surface area contributed by atoms with Crippen LogP contribution in [0.2, 0.25) is 0 Å². The molecule has 76 valence electrons. The van der Waals surface area contributed by atoms with E-state index in [-0.39, 0.29) is 0 Å². The zero-order valence-electron chi connectivity index (χ0n) is 8.77. The molecule has 1 nitrogen and oxygen atoms in total. The molecule has 2 aliphatic rings. The van der Waals surface area contributed by atoms with E-state index in [9.17, 15) is 0 Å². The first-order valence-corrected chi connectivity index (χ1v) is 5.18. The SMILES string of the molecule is CCc1ccc(O)cc1.c1cc2cc-2c1. The summed E-state index contributed by atoms with van der Waals surface area (Å²) in [6, 6.07) is 15.7. The molecular formula is C14H14O. The van der Waals surface area contributed by atoms with E-state index >= 15 is 0 Å². The van der Waals surface area contributed by atoms with Gasteiger partial charge in [-0.15, -0.1) is 0 Å². The van der Waals surface area contributed by atoms with Crippen molar-refractivity contribution in [3.63, 3.8) is 0 Å². The fourth-order valence-electron chi connectivity index (χ4n) is 1.41. The zero-order valence-corrected chi connectivity index (χ0v) is 8.77. The first-order chi connectivity index (χ1) is 7.29. The number of aryl methyl sites for hydroxylation is 1. The van der Waals surface area contributed by atoms with Crippen molar-refractivity contribution < 1.29 is 5.11 Å². The van der Waals surface area contributed by atoms with Crippen LogP contribution in [0.5, 0.6) is 5.75 Å². The third-order valence-corrected chi connectivity index (χ3v) is 2.46. The van der Waals surface area contributed by atoms with Gasteiger partial charge in [-0.2, -0.15) is 0 Å². The molecule has 0 fully saturated rings. The maximum atomic E-state index is 8.85. The highest BCUT2D eigenvalue weighted by Gasteiger charge is 2.06. The fraction of sp³-hybridized carbons (Fsp3) is 0.143. The zero-order chi connectivity index (χ0) is 10.7. The van der Waals surface area contributed by atoms with Crippen molar-refractivity contribution in [2.24, 2.45) is 0 Å². The van der Waals surface area contributed by atoms with Crippen LogP contribution in [0.25, 0.3) is 11.1 Å². The molecule has 0 aromatic heterocycles. The molecule has 0 spiro atoms. The molecule has 0 heterocycles. The highest BCUT2D eigenvalue weighted by atomic mass is 16.3. The van der Waals surface area contributed by atoms with Gasteiger partial charge in [0.1, 0.15) is 5.75 Å². The standard InChI is InChI=1S/C8H10O.C6H4/c1-2-7-3-5-8(9)6-4-7;1-2-5-4-6(5)3-1/h3-6,9H,2H2,1H3;1-4H. The lowest BCUT2D eigenvalue weighted by Crippen LogP contribution is -1.75. The van der Waals surface area contributed by atoms with Crippen LogP contribution in [-0.4, -0.2) is 5.11 Å². The molecule has 15 heavy (non-hydrogen) atoms. The summed E-state index contributed by atoms with van der Waals surface area (Å²) in [6.45, 7) is 2.09. The molecule has 1 aromatic carbocycles. The largest absolute Gasteiger partial charge is 0.508 e. The van der Waals surface area contributed by atoms with Gasteiger partial charge in [0.05, 0.1) is 0 Å². The first kappa shape index (κ1) is 9.78. The second-order valence-corrected chi connectivity index (χ2v) is 3.60. The van der Waals surface area contributed by atoms with Gasteiger partial charge in [-0.3, -0.25) is 0 Å². The number of fused-ring (bicyclic) bond motifs is 1. The Morgan fingerprint density at radius 1 is 0.933 bits per heavy atom. The van der Waals surface area contributed by atoms with Crippen molar-refractivity contribution in [3.8, 4) is 16.9 Å². The average molecular weight is 198 g/mol. The summed E-state index contributed by atoms with van der Waals surface area (Å²) in [7, 11) is 0. The second-order valence-electron chi connectivity index (χ2n) is 3.60. The van der Waals surface area contributed by atoms with Crippen LogP contribution in [0.3, 0.4) is 0 Å². The highest BCUT2D eigenvalue weighted by molar-refractivity contribution is 5.80. The number of aromatic hydroxyl groups is 1. The van der Waals surface area contributed by atoms with E-state index in [0.717, 1.165) is 6.42 Å². The number of hydrogen-bond donors (Lipinski definition) is 1. The van der Waals surface area contributed by atoms with Crippen LogP contribution in [0, 0.1) is 0 Å². The number of hydrogen-bond acceptors (Lipinski definition) is 1. The second kappa shape index (κ2) is 4.18. The predicted octanol–water partition coefficient (Wildman–Crippen LogP) is 3.62. The molecule has 0 amide bonds. The summed E-state index contributed by atoms with van der Waals surface area (Å²) in [6.07, 6.45) is 1.03. The summed E-state index contributed by atoms with van der Waals surface area (Å²) in [4.78, 5) is 0. The van der Waals surface area contributed by atoms with Crippen molar-refractivity contribution >= 4 is 0 Å². The Hall–Kier alpha value is -1.76. The lowest BCUT2D eigenvalue weighted by atomic mass is 10.2. The van der Waals surface area contributed by atoms with Crippen molar-refractivity contribution in [1.29, 1.82) is 0 Å². The van der Waals surface area contributed by atoms with Crippen LogP contribution in [0.15, 0.2) is 48.5 Å². The smallest absolute Gasteiger partial charge is 0.115 e. The number of rotatable bonds is 1. The molecule has 1 heteroatoms. The van der Waals surface area contributed by atoms with Crippen molar-refractivity contribution in [2.75, 3.05) is 0 Å². The molecule has 3 rings (SSSR count). The van der Waals surface area contributed by atoms with Crippen molar-refractivity contribution in [3.05, 3.63) is 54.1 Å². The van der Waals surface area contributed by atoms with E-state index < -0.39 is 0 Å². The minimum absolute atomic E-state index is 0.340. The Bertz CT molecular complexity index is 426. The molecule has 1 N–H and O–H groups in total. The van der Waals surface area contributed by atoms with E-state index in [2.05, 4.69) is 31.2 Å². The Morgan fingerprint density at radius 3 is 1.87 bits per heavy atom. The van der Waals surface area contributed by atoms with Gasteiger partial charge in [0.2, 0.25) is 0 Å². The Morgan fingerprint density at radius 2 is 1.53 bits per heavy atom. The van der Waals surface area contributed by atoms with Crippen molar-refractivity contribution in [2.45, 2.75) is 13.3 Å². The van der Waals surface area contributed by atoms with Gasteiger partial charge in [-0.25, -0.2) is 0 Å². The predicted molar refractivity (Wildman–Crippen MR) is 62.9 cm³/mol. The van der Waals surface area contributed by atoms with Crippen LogP contribution < -0.4 is 0 Å². The lowest BCUT2D eigenvalue weighted by molar-refractivity contribution is 0.475. The molecule has 0 saturated carbocycles. The molecular weight excluding hydrogens is 184 g/mol. The maximum Gasteiger partial charge on any atom is 0.115 e. The Kier molecular flexibility index (Phi) is 2.72. The molecule has 0 saturated heterocycles. The third kappa shape index (κ3) is 2.59. The van der Waals surface area contributed by atoms with Crippen LogP contribution in [-0.2, 0) is 6.42 Å². The van der Waals surface area contributed by atoms with Gasteiger partial charge in [-0.1, -0.05) is 37.3 Å². The van der Waals surface area contributed by atoms with E-state index in [1.165, 1.54) is 16.7 Å². The monoisotopic (exact) mass is 198 g/mol. The third-order valence-electron chi connectivity index (χ3n) is 2.46. The Balaban J connectivity index is 0.000000121. The van der Waals surface area contributed by atoms with Gasteiger partial charge in [0.25, 0.3) is 0 Å². The summed E-state index contributed by atoms with van der Waals surface area (Å²) >= 11 is 0. The van der Waals surface area contributed by atoms with E-state index in [1.807, 2.05) is 12.1 Å². The first-order valence-electron chi connectivity index (χ1n) is 5.18. The van der Waals surface area contributed by atoms with Crippen LogP contribution in [0.4, 0.5) is 0 Å². The molecule has 0 unspecified atom stereocenters. The minimum Gasteiger partial charge on any atom is -0.508 e. The van der Waals surface area contributed by atoms with Gasteiger partial charge < -0.3 is 5.11 Å². The number of benzene rings is 2. The normalized spacial score (nSPS) is 10.2. The summed E-state index contributed by atoms with van der Waals surface area (Å²) in [5, 5.41) is 8.85. The highest BCUT2D eigenvalue weighted by Crippen LogP contribution is 2.32. The molecule has 2 aliphatic carbocycles. The number of phenolic OH excluding ortho intramolecular Hbond substituents is 1. The molecule has 0 aliphatic heterocycles. The van der Waals surface area contributed by atoms with Crippen molar-refractivity contribution in [1.82, 2.24) is 0 Å². The van der Waals surface area contributed by atoms with Gasteiger partial charge in [-0.05, 0) is 41.3 Å². The summed E-state index contributed by atoms with van der Waals surface area (Å²) < 4.78 is 0. The maximum absolute atomic E-state index is 8.85. The molecule has 1 aromatic rings. The fourth-order valence-corrected chi connectivity index (χ4v) is 1.41. The molecule has 0 bridgehead atoms. The van der Waals surface area contributed by atoms with E-state index in [0.29, 0.717) is 5.75 Å². The van der Waals surface area contributed by atoms with E-state index in [4.69, 9.17) is 5.11 Å². The average Bonchev–Trinajstić information content (AvgIpc) is 2.88. The quantitative estimate of drug-likeness (QED) is 0.633. The van der Waals surface area contributed by atoms with Crippen LogP contribution in [0.1, 0.15) is 12.5 Å². The van der Waals surface area contributed by atoms with Crippen LogP contribution >= 0.6 is 0 Å². The number of phenols is 1. The molecule has 0 radical (unpaired) electrons. The van der Waals surface area contributed by atoms with Gasteiger partial charge >= 0.3 is 0 Å². The minimum atomic E-state index is 0.340.